The third-order valence-corrected chi connectivity index (χ3v) is 1.28. The van der Waals surface area contributed by atoms with Crippen LogP contribution in [-0.4, -0.2) is 72.8 Å². The molecule has 84 valence electrons. The van der Waals surface area contributed by atoms with E-state index in [1.165, 1.54) is 0 Å². The zero-order valence-corrected chi connectivity index (χ0v) is 9.36. The van der Waals surface area contributed by atoms with Crippen molar-refractivity contribution in [3.8, 4) is 0 Å². The zero-order valence-electron chi connectivity index (χ0n) is 9.94. The van der Waals surface area contributed by atoms with Gasteiger partial charge in [0.1, 0.15) is 6.10 Å². The summed E-state index contributed by atoms with van der Waals surface area (Å²) in [4.78, 5) is 20.9. The van der Waals surface area contributed by atoms with E-state index >= 15 is 0 Å². The normalized spacial score (nSPS) is 14.6. The van der Waals surface area contributed by atoms with Crippen molar-refractivity contribution >= 4 is 34.8 Å². The van der Waals surface area contributed by atoms with Gasteiger partial charge in [-0.3, -0.25) is 4.79 Å². The monoisotopic (exact) mass is 224 g/mol. The van der Waals surface area contributed by atoms with Crippen molar-refractivity contribution in [2.75, 3.05) is 0 Å². The van der Waals surface area contributed by atoms with Gasteiger partial charge in [0, 0.05) is 0 Å². The van der Waals surface area contributed by atoms with Crippen LogP contribution in [0, 0.1) is 0 Å². The van der Waals surface area contributed by atoms with E-state index < -0.39 is 23.5 Å². The van der Waals surface area contributed by atoms with Crippen molar-refractivity contribution in [2.24, 2.45) is 0 Å². The van der Waals surface area contributed by atoms with E-state index in [-0.39, 0.29) is 36.9 Å². The molecule has 0 rings (SSSR count). The summed E-state index contributed by atoms with van der Waals surface area (Å²) in [5, 5.41) is 25.8. The van der Waals surface area contributed by atoms with E-state index in [0.717, 1.165) is 13.8 Å². The summed E-state index contributed by atoms with van der Waals surface area (Å²) in [5.41, 5.74) is -2.49. The molecule has 0 aliphatic carbocycles. The van der Waals surface area contributed by atoms with Crippen LogP contribution in [0.15, 0.2) is 0 Å². The molecule has 0 aromatic rings. The number of carboxylic acid groups (broad SMARTS) is 1. The van der Waals surface area contributed by atoms with Gasteiger partial charge in [0.2, 0.25) is 11.4 Å². The summed E-state index contributed by atoms with van der Waals surface area (Å²) >= 11 is 0. The second-order valence-corrected chi connectivity index (χ2v) is 2.42. The minimum atomic E-state index is -2.49. The standard InChI is InChI=1S/C6H10O5.Mg.2H2O.2H/c1-3(7)4(8)6(2,11)5(9)10;;;;;/h3,7,11H,1-2H3,(H,9,10);;2*1H2;;/q;+2;;;2*-1. The molecule has 0 spiro atoms. The van der Waals surface area contributed by atoms with Crippen molar-refractivity contribution in [1.82, 2.24) is 0 Å². The summed E-state index contributed by atoms with van der Waals surface area (Å²) in [6.07, 6.45) is -1.47. The Morgan fingerprint density at radius 2 is 1.64 bits per heavy atom. The second kappa shape index (κ2) is 8.09. The molecule has 0 heterocycles. The van der Waals surface area contributed by atoms with Gasteiger partial charge >= 0.3 is 29.0 Å². The molecule has 0 fully saturated rings. The van der Waals surface area contributed by atoms with Crippen LogP contribution in [0.25, 0.3) is 0 Å². The fourth-order valence-electron chi connectivity index (χ4n) is 0.512. The quantitative estimate of drug-likeness (QED) is 0.343. The molecule has 0 amide bonds. The molecular weight excluding hydrogens is 208 g/mol. The van der Waals surface area contributed by atoms with Gasteiger partial charge in [-0.05, 0) is 13.8 Å². The molecule has 8 heteroatoms. The summed E-state index contributed by atoms with van der Waals surface area (Å²) in [6.45, 7) is 1.92. The van der Waals surface area contributed by atoms with Crippen LogP contribution in [0.4, 0.5) is 0 Å². The number of rotatable bonds is 3. The van der Waals surface area contributed by atoms with Crippen molar-refractivity contribution in [3.63, 3.8) is 0 Å². The largest absolute Gasteiger partial charge is 2.00 e. The number of hydrogen-bond donors (Lipinski definition) is 3. The molecule has 0 aliphatic heterocycles. The van der Waals surface area contributed by atoms with E-state index in [2.05, 4.69) is 0 Å². The van der Waals surface area contributed by atoms with Gasteiger partial charge in [0.15, 0.2) is 0 Å². The van der Waals surface area contributed by atoms with Crippen molar-refractivity contribution < 1.29 is 38.7 Å². The maximum atomic E-state index is 10.7. The van der Waals surface area contributed by atoms with Crippen LogP contribution in [0.1, 0.15) is 16.7 Å². The summed E-state index contributed by atoms with van der Waals surface area (Å²) in [5.74, 6) is -2.78. The van der Waals surface area contributed by atoms with Gasteiger partial charge in [-0.1, -0.05) is 0 Å². The molecule has 7 nitrogen and oxygen atoms in total. The number of Topliss-reactive ketones (excluding diaryl/α,β-unsaturated/α-hetero) is 1. The van der Waals surface area contributed by atoms with E-state index in [1.807, 2.05) is 0 Å². The Balaban J connectivity index is -0.0000000500. The molecule has 7 N–H and O–H groups in total. The Hall–Kier alpha value is -0.254. The van der Waals surface area contributed by atoms with E-state index in [9.17, 15) is 9.59 Å². The maximum absolute atomic E-state index is 10.7. The Kier molecular flexibility index (Phi) is 13.6. The van der Waals surface area contributed by atoms with Crippen LogP contribution in [0.5, 0.6) is 0 Å². The molecule has 2 unspecified atom stereocenters. The molecule has 0 aromatic heterocycles. The van der Waals surface area contributed by atoms with Crippen molar-refractivity contribution in [3.05, 3.63) is 0 Å². The Labute approximate surface area is 99.5 Å². The summed E-state index contributed by atoms with van der Waals surface area (Å²) < 4.78 is 0. The number of aliphatic hydroxyl groups excluding tert-OH is 1. The van der Waals surface area contributed by atoms with Crippen LogP contribution in [0.3, 0.4) is 0 Å². The molecular formula is C6H16MgO7. The minimum Gasteiger partial charge on any atom is -1.00 e. The number of ketones is 1. The first-order chi connectivity index (χ1) is 4.80. The van der Waals surface area contributed by atoms with Gasteiger partial charge in [-0.2, -0.15) is 0 Å². The fourth-order valence-corrected chi connectivity index (χ4v) is 0.512. The number of aliphatic carboxylic acids is 1. The van der Waals surface area contributed by atoms with Crippen molar-refractivity contribution in [2.45, 2.75) is 25.6 Å². The molecule has 0 radical (unpaired) electrons. The second-order valence-electron chi connectivity index (χ2n) is 2.42. The molecule has 0 saturated heterocycles. The average molecular weight is 224 g/mol. The number of carbonyl (C=O) groups excluding carboxylic acids is 1. The molecule has 0 bridgehead atoms. The van der Waals surface area contributed by atoms with Crippen LogP contribution < -0.4 is 0 Å². The molecule has 0 saturated carbocycles. The van der Waals surface area contributed by atoms with Crippen LogP contribution >= 0.6 is 0 Å². The number of hydrogen-bond acceptors (Lipinski definition) is 4. The number of aliphatic hydroxyl groups is 2. The smallest absolute Gasteiger partial charge is 1.00 e. The number of carbonyl (C=O) groups is 2. The first kappa shape index (κ1) is 23.5. The Morgan fingerprint density at radius 3 is 1.71 bits per heavy atom. The SMILES string of the molecule is CC(O)C(=O)C(C)(O)C(=O)O.O.O.[H-].[H-].[Mg+2]. The third-order valence-electron chi connectivity index (χ3n) is 1.28. The molecule has 2 atom stereocenters. The maximum Gasteiger partial charge on any atom is 2.00 e. The number of carboxylic acids is 1. The van der Waals surface area contributed by atoms with E-state index in [0.29, 0.717) is 0 Å². The van der Waals surface area contributed by atoms with Crippen LogP contribution in [0.2, 0.25) is 0 Å². The third kappa shape index (κ3) is 5.47. The van der Waals surface area contributed by atoms with Gasteiger partial charge in [-0.15, -0.1) is 0 Å². The fraction of sp³-hybridized carbons (Fsp3) is 0.667. The first-order valence-electron chi connectivity index (χ1n) is 2.98. The predicted octanol–water partition coefficient (Wildman–Crippen LogP) is -3.03. The first-order valence-corrected chi connectivity index (χ1v) is 2.98. The Morgan fingerprint density at radius 1 is 1.36 bits per heavy atom. The van der Waals surface area contributed by atoms with Gasteiger partial charge in [-0.25, -0.2) is 4.79 Å². The molecule has 14 heavy (non-hydrogen) atoms. The van der Waals surface area contributed by atoms with Crippen LogP contribution in [-0.2, 0) is 9.59 Å². The van der Waals surface area contributed by atoms with Gasteiger partial charge < -0.3 is 29.1 Å². The van der Waals surface area contributed by atoms with E-state index in [1.54, 1.807) is 0 Å². The Bertz CT molecular complexity index is 197. The van der Waals surface area contributed by atoms with Crippen molar-refractivity contribution in [1.29, 1.82) is 0 Å². The molecule has 0 aromatic carbocycles. The summed E-state index contributed by atoms with van der Waals surface area (Å²) in [6, 6.07) is 0. The zero-order chi connectivity index (χ0) is 9.23. The topological polar surface area (TPSA) is 158 Å². The summed E-state index contributed by atoms with van der Waals surface area (Å²) in [7, 11) is 0. The van der Waals surface area contributed by atoms with Gasteiger partial charge in [0.25, 0.3) is 0 Å². The van der Waals surface area contributed by atoms with Gasteiger partial charge in [0.05, 0.1) is 0 Å². The molecule has 0 aliphatic rings. The average Bonchev–Trinajstić information content (AvgIpc) is 1.85. The predicted molar refractivity (Wildman–Crippen MR) is 50.2 cm³/mol. The minimum absolute atomic E-state index is 0. The van der Waals surface area contributed by atoms with E-state index in [4.69, 9.17) is 15.3 Å².